The minimum absolute atomic E-state index is 0.0522. The van der Waals surface area contributed by atoms with Crippen LogP contribution in [-0.2, 0) is 22.6 Å². The summed E-state index contributed by atoms with van der Waals surface area (Å²) in [4.78, 5) is 28.8. The highest BCUT2D eigenvalue weighted by molar-refractivity contribution is 9.10. The Morgan fingerprint density at radius 1 is 0.923 bits per heavy atom. The van der Waals surface area contributed by atoms with Crippen molar-refractivity contribution in [3.63, 3.8) is 0 Å². The van der Waals surface area contributed by atoms with Crippen LogP contribution in [0.1, 0.15) is 24.5 Å². The SMILES string of the molecule is CCCNC(=O)C(Cc1ccccc1)N(Cc1c(Cl)cccc1Cl)C(=O)COc1ccc2ccccc2c1Br. The first-order valence-electron chi connectivity index (χ1n) is 12.7. The maximum atomic E-state index is 13.8. The molecule has 4 rings (SSSR count). The Balaban J connectivity index is 1.66. The molecule has 202 valence electrons. The molecule has 0 radical (unpaired) electrons. The Bertz CT molecular complexity index is 1430. The number of hydrogen-bond acceptors (Lipinski definition) is 3. The van der Waals surface area contributed by atoms with Gasteiger partial charge in [0.05, 0.1) is 4.47 Å². The first-order valence-corrected chi connectivity index (χ1v) is 14.3. The van der Waals surface area contributed by atoms with Gasteiger partial charge in [-0.15, -0.1) is 0 Å². The van der Waals surface area contributed by atoms with Crippen LogP contribution in [0.2, 0.25) is 10.0 Å². The van der Waals surface area contributed by atoms with Crippen molar-refractivity contribution in [1.82, 2.24) is 10.2 Å². The van der Waals surface area contributed by atoms with E-state index in [-0.39, 0.29) is 25.0 Å². The van der Waals surface area contributed by atoms with E-state index in [2.05, 4.69) is 21.2 Å². The van der Waals surface area contributed by atoms with Crippen LogP contribution in [0.3, 0.4) is 0 Å². The highest BCUT2D eigenvalue weighted by Gasteiger charge is 2.31. The summed E-state index contributed by atoms with van der Waals surface area (Å²) in [6.45, 7) is 2.26. The lowest BCUT2D eigenvalue weighted by Crippen LogP contribution is -2.51. The van der Waals surface area contributed by atoms with Crippen LogP contribution in [-0.4, -0.2) is 35.9 Å². The molecule has 1 unspecified atom stereocenters. The number of amides is 2. The first kappa shape index (κ1) is 28.9. The Morgan fingerprint density at radius 3 is 2.33 bits per heavy atom. The van der Waals surface area contributed by atoms with Crippen LogP contribution in [0.15, 0.2) is 89.4 Å². The highest BCUT2D eigenvalue weighted by Crippen LogP contribution is 2.33. The number of hydrogen-bond donors (Lipinski definition) is 1. The largest absolute Gasteiger partial charge is 0.483 e. The monoisotopic (exact) mass is 626 g/mol. The zero-order valence-electron chi connectivity index (χ0n) is 21.5. The number of ether oxygens (including phenoxy) is 1. The lowest BCUT2D eigenvalue weighted by atomic mass is 10.0. The minimum Gasteiger partial charge on any atom is -0.483 e. The second-order valence-electron chi connectivity index (χ2n) is 9.11. The number of rotatable bonds is 11. The predicted molar refractivity (Wildman–Crippen MR) is 161 cm³/mol. The number of carbonyl (C=O) groups is 2. The van der Waals surface area contributed by atoms with E-state index in [0.29, 0.717) is 34.3 Å². The summed E-state index contributed by atoms with van der Waals surface area (Å²) in [5, 5.41) is 5.83. The first-order chi connectivity index (χ1) is 18.9. The topological polar surface area (TPSA) is 58.6 Å². The third-order valence-corrected chi connectivity index (χ3v) is 7.92. The molecular weight excluding hydrogens is 599 g/mol. The molecule has 0 spiro atoms. The smallest absolute Gasteiger partial charge is 0.261 e. The molecule has 39 heavy (non-hydrogen) atoms. The molecule has 8 heteroatoms. The molecule has 0 aromatic heterocycles. The van der Waals surface area contributed by atoms with E-state index in [1.165, 1.54) is 4.90 Å². The highest BCUT2D eigenvalue weighted by atomic mass is 79.9. The molecular formula is C31H29BrCl2N2O3. The molecule has 0 aliphatic rings. The van der Waals surface area contributed by atoms with E-state index < -0.39 is 6.04 Å². The minimum atomic E-state index is -0.803. The summed E-state index contributed by atoms with van der Waals surface area (Å²) in [6, 6.07) is 25.7. The van der Waals surface area contributed by atoms with Gasteiger partial charge in [0.25, 0.3) is 5.91 Å². The summed E-state index contributed by atoms with van der Waals surface area (Å²) >= 11 is 16.6. The Labute approximate surface area is 247 Å². The molecule has 0 aliphatic carbocycles. The van der Waals surface area contributed by atoms with Crippen molar-refractivity contribution in [3.05, 3.63) is 111 Å². The zero-order valence-corrected chi connectivity index (χ0v) is 24.6. The Kier molecular flexibility index (Phi) is 10.3. The fourth-order valence-electron chi connectivity index (χ4n) is 4.32. The molecule has 0 bridgehead atoms. The van der Waals surface area contributed by atoms with Crippen LogP contribution in [0.4, 0.5) is 0 Å². The molecule has 1 atom stereocenters. The van der Waals surface area contributed by atoms with Gasteiger partial charge in [-0.3, -0.25) is 9.59 Å². The van der Waals surface area contributed by atoms with Crippen molar-refractivity contribution in [2.45, 2.75) is 32.4 Å². The Morgan fingerprint density at radius 2 is 1.62 bits per heavy atom. The van der Waals surface area contributed by atoms with Crippen molar-refractivity contribution in [3.8, 4) is 5.75 Å². The average Bonchev–Trinajstić information content (AvgIpc) is 2.95. The van der Waals surface area contributed by atoms with Crippen LogP contribution >= 0.6 is 39.1 Å². The fraction of sp³-hybridized carbons (Fsp3) is 0.226. The summed E-state index contributed by atoms with van der Waals surface area (Å²) in [7, 11) is 0. The van der Waals surface area contributed by atoms with Crippen LogP contribution in [0.25, 0.3) is 10.8 Å². The lowest BCUT2D eigenvalue weighted by molar-refractivity contribution is -0.142. The molecule has 5 nitrogen and oxygen atoms in total. The van der Waals surface area contributed by atoms with Gasteiger partial charge in [-0.2, -0.15) is 0 Å². The van der Waals surface area contributed by atoms with Crippen LogP contribution < -0.4 is 10.1 Å². The quantitative estimate of drug-likeness (QED) is 0.188. The number of nitrogens with one attached hydrogen (secondary N) is 1. The lowest BCUT2D eigenvalue weighted by Gasteiger charge is -2.32. The van der Waals surface area contributed by atoms with E-state index in [0.717, 1.165) is 27.2 Å². The molecule has 1 N–H and O–H groups in total. The van der Waals surface area contributed by atoms with Crippen molar-refractivity contribution >= 4 is 61.7 Å². The van der Waals surface area contributed by atoms with Crippen molar-refractivity contribution in [2.24, 2.45) is 0 Å². The van der Waals surface area contributed by atoms with Gasteiger partial charge >= 0.3 is 0 Å². The van der Waals surface area contributed by atoms with Gasteiger partial charge in [0.1, 0.15) is 11.8 Å². The van der Waals surface area contributed by atoms with E-state index in [1.54, 1.807) is 18.2 Å². The van der Waals surface area contributed by atoms with Crippen molar-refractivity contribution in [2.75, 3.05) is 13.2 Å². The maximum absolute atomic E-state index is 13.8. The summed E-state index contributed by atoms with van der Waals surface area (Å²) < 4.78 is 6.77. The van der Waals surface area contributed by atoms with E-state index >= 15 is 0 Å². The van der Waals surface area contributed by atoms with E-state index in [1.807, 2.05) is 73.7 Å². The van der Waals surface area contributed by atoms with E-state index in [9.17, 15) is 9.59 Å². The Hall–Kier alpha value is -3.06. The second kappa shape index (κ2) is 13.8. The molecule has 0 fully saturated rings. The number of benzene rings is 4. The number of fused-ring (bicyclic) bond motifs is 1. The molecule has 4 aromatic rings. The molecule has 2 amide bonds. The van der Waals surface area contributed by atoms with Gasteiger partial charge in [-0.1, -0.05) is 96.9 Å². The number of carbonyl (C=O) groups excluding carboxylic acids is 2. The van der Waals surface area contributed by atoms with Gasteiger partial charge < -0.3 is 15.0 Å². The number of nitrogens with zero attached hydrogens (tertiary/aromatic N) is 1. The third-order valence-electron chi connectivity index (χ3n) is 6.39. The van der Waals surface area contributed by atoms with Gasteiger partial charge in [-0.25, -0.2) is 0 Å². The third kappa shape index (κ3) is 7.33. The van der Waals surface area contributed by atoms with Gasteiger partial charge in [0, 0.05) is 35.1 Å². The molecule has 4 aromatic carbocycles. The normalized spacial score (nSPS) is 11.7. The predicted octanol–water partition coefficient (Wildman–Crippen LogP) is 7.45. The molecule has 0 saturated carbocycles. The van der Waals surface area contributed by atoms with Crippen LogP contribution in [0.5, 0.6) is 5.75 Å². The second-order valence-corrected chi connectivity index (χ2v) is 10.7. The van der Waals surface area contributed by atoms with Crippen LogP contribution in [0, 0.1) is 0 Å². The summed E-state index contributed by atoms with van der Waals surface area (Å²) in [6.07, 6.45) is 1.09. The molecule has 0 heterocycles. The van der Waals surface area contributed by atoms with Crippen molar-refractivity contribution < 1.29 is 14.3 Å². The average molecular weight is 628 g/mol. The van der Waals surface area contributed by atoms with E-state index in [4.69, 9.17) is 27.9 Å². The van der Waals surface area contributed by atoms with Gasteiger partial charge in [0.15, 0.2) is 6.61 Å². The number of halogens is 3. The fourth-order valence-corrected chi connectivity index (χ4v) is 5.45. The molecule has 0 saturated heterocycles. The summed E-state index contributed by atoms with van der Waals surface area (Å²) in [5.74, 6) is -0.0736. The van der Waals surface area contributed by atoms with Gasteiger partial charge in [-0.05, 0) is 56.9 Å². The van der Waals surface area contributed by atoms with Gasteiger partial charge in [0.2, 0.25) is 5.91 Å². The zero-order chi connectivity index (χ0) is 27.8. The standard InChI is InChI=1S/C31H29BrCl2N2O3/c1-2-17-35-31(38)27(18-21-9-4-3-5-10-21)36(19-24-25(33)13-8-14-26(24)34)29(37)20-39-28-16-15-22-11-6-7-12-23(22)30(28)32/h3-16,27H,2,17-20H2,1H3,(H,35,38). The summed E-state index contributed by atoms with van der Waals surface area (Å²) in [5.41, 5.74) is 1.50. The molecule has 0 aliphatic heterocycles. The maximum Gasteiger partial charge on any atom is 0.261 e. The van der Waals surface area contributed by atoms with Crippen molar-refractivity contribution in [1.29, 1.82) is 0 Å².